The second-order valence-corrected chi connectivity index (χ2v) is 5.61. The fraction of sp³-hybridized carbons (Fsp3) is 0.143. The summed E-state index contributed by atoms with van der Waals surface area (Å²) in [6, 6.07) is 5.25. The Morgan fingerprint density at radius 1 is 1.57 bits per heavy atom. The molecule has 0 aliphatic heterocycles. The predicted octanol–water partition coefficient (Wildman–Crippen LogP) is 2.35. The molecule has 0 fully saturated rings. The van der Waals surface area contributed by atoms with Gasteiger partial charge in [0.2, 0.25) is 5.95 Å². The number of hydrogen-bond donors (Lipinski definition) is 1. The number of carbonyl (C=O) groups excluding carboxylic acids is 1. The Kier molecular flexibility index (Phi) is 4.02. The van der Waals surface area contributed by atoms with Crippen molar-refractivity contribution >= 4 is 23.5 Å². The Balaban J connectivity index is 1.69. The maximum atomic E-state index is 13.7. The molecule has 0 aliphatic rings. The van der Waals surface area contributed by atoms with Crippen LogP contribution in [0.1, 0.15) is 21.7 Å². The minimum absolute atomic E-state index is 0.0916. The number of hydrazone groups is 1. The van der Waals surface area contributed by atoms with Crippen molar-refractivity contribution in [2.75, 3.05) is 0 Å². The third kappa shape index (κ3) is 3.04. The molecule has 1 amide bonds. The molecule has 3 aromatic heterocycles. The van der Waals surface area contributed by atoms with E-state index in [1.54, 1.807) is 6.92 Å². The number of amides is 1. The average molecular weight is 333 g/mol. The molecular weight excluding hydrogens is 321 g/mol. The van der Waals surface area contributed by atoms with Crippen molar-refractivity contribution < 1.29 is 13.7 Å². The van der Waals surface area contributed by atoms with Gasteiger partial charge in [-0.3, -0.25) is 4.79 Å². The van der Waals surface area contributed by atoms with Crippen molar-refractivity contribution in [3.05, 3.63) is 46.5 Å². The second-order valence-electron chi connectivity index (χ2n) is 4.67. The van der Waals surface area contributed by atoms with E-state index in [4.69, 9.17) is 4.52 Å². The number of halogens is 1. The first-order valence-electron chi connectivity index (χ1n) is 6.59. The average Bonchev–Trinajstić information content (AvgIpc) is 3.23. The zero-order chi connectivity index (χ0) is 16.4. The highest BCUT2D eigenvalue weighted by molar-refractivity contribution is 7.13. The minimum Gasteiger partial charge on any atom is -0.355 e. The van der Waals surface area contributed by atoms with Crippen LogP contribution in [0.5, 0.6) is 0 Å². The summed E-state index contributed by atoms with van der Waals surface area (Å²) in [5.74, 6) is -0.569. The third-order valence-corrected chi connectivity index (χ3v) is 3.95. The van der Waals surface area contributed by atoms with E-state index in [-0.39, 0.29) is 11.3 Å². The van der Waals surface area contributed by atoms with Crippen LogP contribution in [0.25, 0.3) is 10.6 Å². The quantitative estimate of drug-likeness (QED) is 0.586. The maximum Gasteiger partial charge on any atom is 0.293 e. The summed E-state index contributed by atoms with van der Waals surface area (Å²) in [5, 5.41) is 13.2. The molecular formula is C14H12FN5O2S. The van der Waals surface area contributed by atoms with Gasteiger partial charge >= 0.3 is 0 Å². The maximum absolute atomic E-state index is 13.7. The molecule has 9 heteroatoms. The lowest BCUT2D eigenvalue weighted by molar-refractivity contribution is 0.0946. The zero-order valence-electron chi connectivity index (χ0n) is 12.3. The Bertz CT molecular complexity index is 866. The number of aromatic nitrogens is 3. The summed E-state index contributed by atoms with van der Waals surface area (Å²) in [6.07, 6.45) is 1.20. The first-order chi connectivity index (χ1) is 11.1. The highest BCUT2D eigenvalue weighted by atomic mass is 32.1. The summed E-state index contributed by atoms with van der Waals surface area (Å²) in [7, 11) is 1.49. The second kappa shape index (κ2) is 6.13. The van der Waals surface area contributed by atoms with Crippen molar-refractivity contribution in [3.8, 4) is 10.6 Å². The highest BCUT2D eigenvalue weighted by Crippen LogP contribution is 2.24. The lowest BCUT2D eigenvalue weighted by Crippen LogP contribution is -2.18. The zero-order valence-corrected chi connectivity index (χ0v) is 13.1. The van der Waals surface area contributed by atoms with Crippen LogP contribution in [0, 0.1) is 12.9 Å². The molecule has 0 unspecified atom stereocenters. The van der Waals surface area contributed by atoms with Gasteiger partial charge in [-0.15, -0.1) is 11.3 Å². The summed E-state index contributed by atoms with van der Waals surface area (Å²) in [5.41, 5.74) is 3.06. The van der Waals surface area contributed by atoms with Crippen LogP contribution < -0.4 is 5.43 Å². The molecule has 0 radical (unpaired) electrons. The number of nitrogens with one attached hydrogen (secondary N) is 1. The smallest absolute Gasteiger partial charge is 0.293 e. The van der Waals surface area contributed by atoms with Gasteiger partial charge < -0.3 is 4.52 Å². The molecule has 0 saturated carbocycles. The van der Waals surface area contributed by atoms with Crippen LogP contribution in [0.3, 0.4) is 0 Å². The van der Waals surface area contributed by atoms with Crippen LogP contribution in [0.4, 0.5) is 4.39 Å². The Labute approximate surface area is 134 Å². The molecule has 118 valence electrons. The number of rotatable bonds is 4. The third-order valence-electron chi connectivity index (χ3n) is 3.06. The van der Waals surface area contributed by atoms with Crippen LogP contribution in [0.15, 0.2) is 33.2 Å². The number of nitrogens with zero attached hydrogens (tertiary/aromatic N) is 4. The monoisotopic (exact) mass is 333 g/mol. The van der Waals surface area contributed by atoms with Gasteiger partial charge in [0.1, 0.15) is 0 Å². The summed E-state index contributed by atoms with van der Waals surface area (Å²) < 4.78 is 19.9. The molecule has 0 aromatic carbocycles. The molecule has 0 saturated heterocycles. The van der Waals surface area contributed by atoms with E-state index in [1.165, 1.54) is 30.7 Å². The van der Waals surface area contributed by atoms with E-state index in [0.29, 0.717) is 11.5 Å². The number of carbonyl (C=O) groups is 1. The molecule has 0 atom stereocenters. The molecule has 7 nitrogen and oxygen atoms in total. The van der Waals surface area contributed by atoms with Crippen LogP contribution in [0.2, 0.25) is 0 Å². The van der Waals surface area contributed by atoms with Gasteiger partial charge in [-0.1, -0.05) is 11.2 Å². The fourth-order valence-electron chi connectivity index (χ4n) is 1.92. The van der Waals surface area contributed by atoms with Gasteiger partial charge in [0, 0.05) is 13.1 Å². The fourth-order valence-corrected chi connectivity index (χ4v) is 2.60. The van der Waals surface area contributed by atoms with E-state index >= 15 is 0 Å². The van der Waals surface area contributed by atoms with E-state index in [9.17, 15) is 9.18 Å². The van der Waals surface area contributed by atoms with Crippen LogP contribution in [-0.2, 0) is 7.05 Å². The first kappa shape index (κ1) is 15.1. The highest BCUT2D eigenvalue weighted by Gasteiger charge is 2.14. The summed E-state index contributed by atoms with van der Waals surface area (Å²) in [4.78, 5) is 12.8. The Morgan fingerprint density at radius 2 is 2.39 bits per heavy atom. The number of thiophene rings is 1. The molecule has 0 aliphatic carbocycles. The largest absolute Gasteiger partial charge is 0.355 e. The minimum atomic E-state index is -0.547. The molecule has 23 heavy (non-hydrogen) atoms. The van der Waals surface area contributed by atoms with Gasteiger partial charge in [0.25, 0.3) is 5.91 Å². The van der Waals surface area contributed by atoms with Gasteiger partial charge in [0.05, 0.1) is 22.3 Å². The van der Waals surface area contributed by atoms with Crippen molar-refractivity contribution in [3.63, 3.8) is 0 Å². The molecule has 3 heterocycles. The Morgan fingerprint density at radius 3 is 3.04 bits per heavy atom. The van der Waals surface area contributed by atoms with Gasteiger partial charge in [0.15, 0.2) is 11.5 Å². The molecule has 0 bridgehead atoms. The van der Waals surface area contributed by atoms with Crippen LogP contribution >= 0.6 is 11.3 Å². The lowest BCUT2D eigenvalue weighted by atomic mass is 10.3. The summed E-state index contributed by atoms with van der Waals surface area (Å²) in [6.45, 7) is 1.65. The van der Waals surface area contributed by atoms with Crippen molar-refractivity contribution in [1.82, 2.24) is 20.4 Å². The van der Waals surface area contributed by atoms with E-state index in [1.807, 2.05) is 17.5 Å². The normalized spacial score (nSPS) is 11.3. The molecule has 0 spiro atoms. The van der Waals surface area contributed by atoms with Gasteiger partial charge in [-0.2, -0.15) is 14.6 Å². The Hall–Kier alpha value is -2.81. The van der Waals surface area contributed by atoms with E-state index in [0.717, 1.165) is 9.56 Å². The molecule has 3 rings (SSSR count). The first-order valence-corrected chi connectivity index (χ1v) is 7.47. The summed E-state index contributed by atoms with van der Waals surface area (Å²) >= 11 is 1.48. The van der Waals surface area contributed by atoms with Crippen molar-refractivity contribution in [2.24, 2.45) is 12.1 Å². The number of hydrogen-bond acceptors (Lipinski definition) is 6. The van der Waals surface area contributed by atoms with Gasteiger partial charge in [-0.05, 0) is 18.4 Å². The lowest BCUT2D eigenvalue weighted by Gasteiger charge is -1.94. The van der Waals surface area contributed by atoms with Gasteiger partial charge in [-0.25, -0.2) is 10.1 Å². The van der Waals surface area contributed by atoms with E-state index < -0.39 is 11.9 Å². The number of aryl methyl sites for hydroxylation is 2. The van der Waals surface area contributed by atoms with Crippen LogP contribution in [-0.4, -0.2) is 27.1 Å². The molecule has 3 aromatic rings. The molecule has 1 N–H and O–H groups in total. The van der Waals surface area contributed by atoms with Crippen molar-refractivity contribution in [2.45, 2.75) is 6.92 Å². The predicted molar refractivity (Wildman–Crippen MR) is 82.8 cm³/mol. The van der Waals surface area contributed by atoms with E-state index in [2.05, 4.69) is 20.8 Å². The standard InChI is InChI=1S/C14H12FN5O2S/c1-8-9(13(15)20(2)18-8)7-16-17-14(21)10-6-11(22-19-10)12-4-3-5-23-12/h3-7H,1-2H3,(H,17,21). The SMILES string of the molecule is Cc1nn(C)c(F)c1C=NNC(=O)c1cc(-c2cccs2)on1. The topological polar surface area (TPSA) is 85.3 Å². The van der Waals surface area contributed by atoms with Crippen molar-refractivity contribution in [1.29, 1.82) is 0 Å².